The standard InChI is InChI=1S/C15H29BO/c1-5-15(4,12(2)3)17-16-13-8-6-9-14(16)11-7-10-13/h12-14H,5-11H2,1-4H3. The van der Waals surface area contributed by atoms with Gasteiger partial charge in [-0.05, 0) is 30.9 Å². The first kappa shape index (κ1) is 13.5. The lowest BCUT2D eigenvalue weighted by molar-refractivity contribution is 0.0242. The Morgan fingerprint density at radius 3 is 1.94 bits per heavy atom. The van der Waals surface area contributed by atoms with Crippen LogP contribution in [0.2, 0.25) is 11.6 Å². The molecule has 0 aromatic rings. The second-order valence-corrected chi connectivity index (χ2v) is 6.79. The van der Waals surface area contributed by atoms with Gasteiger partial charge < -0.3 is 4.65 Å². The van der Waals surface area contributed by atoms with Crippen LogP contribution in [0.1, 0.15) is 72.6 Å². The Morgan fingerprint density at radius 1 is 1.12 bits per heavy atom. The van der Waals surface area contributed by atoms with E-state index in [9.17, 15) is 0 Å². The molecular weight excluding hydrogens is 207 g/mol. The number of rotatable bonds is 4. The maximum absolute atomic E-state index is 6.66. The lowest BCUT2D eigenvalue weighted by Crippen LogP contribution is -2.46. The number of fused-ring (bicyclic) bond motifs is 2. The molecule has 1 nitrogen and oxygen atoms in total. The fourth-order valence-electron chi connectivity index (χ4n) is 3.75. The molecule has 2 heterocycles. The number of hydrogen-bond donors (Lipinski definition) is 0. The highest BCUT2D eigenvalue weighted by molar-refractivity contribution is 6.56. The molecule has 2 fully saturated rings. The summed E-state index contributed by atoms with van der Waals surface area (Å²) in [7, 11) is 0. The molecule has 17 heavy (non-hydrogen) atoms. The van der Waals surface area contributed by atoms with Crippen LogP contribution in [-0.2, 0) is 4.65 Å². The molecule has 2 rings (SSSR count). The van der Waals surface area contributed by atoms with Crippen LogP contribution in [0.25, 0.3) is 0 Å². The van der Waals surface area contributed by atoms with Gasteiger partial charge in [-0.1, -0.05) is 59.3 Å². The molecule has 2 bridgehead atoms. The Hall–Kier alpha value is 0.0249. The average Bonchev–Trinajstić information content (AvgIpc) is 2.28. The lowest BCUT2D eigenvalue weighted by Gasteiger charge is -2.45. The first-order valence-electron chi connectivity index (χ1n) is 7.74. The Kier molecular flexibility index (Phi) is 4.23. The average molecular weight is 236 g/mol. The largest absolute Gasteiger partial charge is 0.430 e. The van der Waals surface area contributed by atoms with Crippen molar-refractivity contribution < 1.29 is 4.65 Å². The van der Waals surface area contributed by atoms with Crippen LogP contribution in [0, 0.1) is 5.92 Å². The van der Waals surface area contributed by atoms with Crippen molar-refractivity contribution in [2.24, 2.45) is 5.92 Å². The molecule has 2 saturated heterocycles. The molecule has 0 amide bonds. The fraction of sp³-hybridized carbons (Fsp3) is 1.00. The zero-order valence-electron chi connectivity index (χ0n) is 12.2. The topological polar surface area (TPSA) is 9.23 Å². The second-order valence-electron chi connectivity index (χ2n) is 6.79. The van der Waals surface area contributed by atoms with Gasteiger partial charge in [0.1, 0.15) is 0 Å². The molecule has 1 atom stereocenters. The van der Waals surface area contributed by atoms with Crippen LogP contribution in [0.4, 0.5) is 0 Å². The second kappa shape index (κ2) is 5.34. The molecule has 0 spiro atoms. The van der Waals surface area contributed by atoms with Gasteiger partial charge in [-0.15, -0.1) is 0 Å². The zero-order chi connectivity index (χ0) is 12.5. The Bertz CT molecular complexity index is 231. The van der Waals surface area contributed by atoms with Gasteiger partial charge in [0, 0.05) is 0 Å². The summed E-state index contributed by atoms with van der Waals surface area (Å²) in [4.78, 5) is 0. The summed E-state index contributed by atoms with van der Waals surface area (Å²) in [5, 5.41) is 0. The van der Waals surface area contributed by atoms with E-state index in [1.165, 1.54) is 38.5 Å². The predicted molar refractivity (Wildman–Crippen MR) is 75.6 cm³/mol. The summed E-state index contributed by atoms with van der Waals surface area (Å²) in [5.74, 6) is 2.36. The minimum Gasteiger partial charge on any atom is -0.430 e. The Balaban J connectivity index is 2.06. The summed E-state index contributed by atoms with van der Waals surface area (Å²) in [6, 6.07) is 0. The van der Waals surface area contributed by atoms with E-state index in [1.54, 1.807) is 0 Å². The maximum atomic E-state index is 6.66. The SMILES string of the molecule is CCC(C)(OB1C2CCCC1CCC2)C(C)C. The van der Waals surface area contributed by atoms with Crippen molar-refractivity contribution >= 4 is 6.92 Å². The molecule has 98 valence electrons. The van der Waals surface area contributed by atoms with Crippen LogP contribution >= 0.6 is 0 Å². The summed E-state index contributed by atoms with van der Waals surface area (Å²) in [6.45, 7) is 9.79. The summed E-state index contributed by atoms with van der Waals surface area (Å²) in [6.07, 6.45) is 9.69. The zero-order valence-corrected chi connectivity index (χ0v) is 12.2. The summed E-state index contributed by atoms with van der Waals surface area (Å²) < 4.78 is 6.66. The molecule has 2 heteroatoms. The third-order valence-electron chi connectivity index (χ3n) is 5.56. The first-order valence-corrected chi connectivity index (χ1v) is 7.74. The summed E-state index contributed by atoms with van der Waals surface area (Å²) in [5.41, 5.74) is 0.0931. The monoisotopic (exact) mass is 236 g/mol. The van der Waals surface area contributed by atoms with E-state index in [1.807, 2.05) is 0 Å². The van der Waals surface area contributed by atoms with Crippen LogP contribution in [0.5, 0.6) is 0 Å². The van der Waals surface area contributed by atoms with Gasteiger partial charge in [0.25, 0.3) is 6.92 Å². The molecule has 2 aliphatic rings. The van der Waals surface area contributed by atoms with E-state index in [4.69, 9.17) is 4.65 Å². The van der Waals surface area contributed by atoms with Crippen molar-refractivity contribution in [3.05, 3.63) is 0 Å². The quantitative estimate of drug-likeness (QED) is 0.629. The van der Waals surface area contributed by atoms with Crippen molar-refractivity contribution in [2.45, 2.75) is 89.9 Å². The van der Waals surface area contributed by atoms with Crippen molar-refractivity contribution in [3.63, 3.8) is 0 Å². The predicted octanol–water partition coefficient (Wildman–Crippen LogP) is 4.93. The van der Waals surface area contributed by atoms with Gasteiger partial charge >= 0.3 is 0 Å². The molecule has 0 radical (unpaired) electrons. The maximum Gasteiger partial charge on any atom is 0.300 e. The van der Waals surface area contributed by atoms with Gasteiger partial charge in [-0.3, -0.25) is 0 Å². The highest BCUT2D eigenvalue weighted by Crippen LogP contribution is 2.48. The van der Waals surface area contributed by atoms with Crippen LogP contribution in [0.3, 0.4) is 0 Å². The summed E-state index contributed by atoms with van der Waals surface area (Å²) >= 11 is 0. The number of hydrogen-bond acceptors (Lipinski definition) is 1. The smallest absolute Gasteiger partial charge is 0.300 e. The van der Waals surface area contributed by atoms with Crippen LogP contribution in [0.15, 0.2) is 0 Å². The Labute approximate surface area is 108 Å². The minimum atomic E-state index is 0.0931. The van der Waals surface area contributed by atoms with Crippen molar-refractivity contribution in [3.8, 4) is 0 Å². The van der Waals surface area contributed by atoms with E-state index in [-0.39, 0.29) is 5.60 Å². The van der Waals surface area contributed by atoms with Crippen molar-refractivity contribution in [1.29, 1.82) is 0 Å². The normalized spacial score (nSPS) is 32.6. The molecule has 0 aromatic heterocycles. The molecular formula is C15H29BO. The van der Waals surface area contributed by atoms with Gasteiger partial charge in [-0.2, -0.15) is 0 Å². The van der Waals surface area contributed by atoms with Crippen molar-refractivity contribution in [2.75, 3.05) is 0 Å². The molecule has 0 aromatic carbocycles. The Morgan fingerprint density at radius 2 is 1.59 bits per heavy atom. The lowest BCUT2D eigenvalue weighted by atomic mass is 9.37. The fourth-order valence-corrected chi connectivity index (χ4v) is 3.75. The third kappa shape index (κ3) is 2.72. The first-order chi connectivity index (χ1) is 8.07. The molecule has 0 saturated carbocycles. The van der Waals surface area contributed by atoms with Crippen LogP contribution < -0.4 is 0 Å². The van der Waals surface area contributed by atoms with E-state index in [2.05, 4.69) is 27.7 Å². The van der Waals surface area contributed by atoms with Gasteiger partial charge in [0.15, 0.2) is 0 Å². The van der Waals surface area contributed by atoms with Crippen molar-refractivity contribution in [1.82, 2.24) is 0 Å². The van der Waals surface area contributed by atoms with Gasteiger partial charge in [0.2, 0.25) is 0 Å². The third-order valence-corrected chi connectivity index (χ3v) is 5.56. The highest BCUT2D eigenvalue weighted by Gasteiger charge is 2.44. The molecule has 1 unspecified atom stereocenters. The molecule has 0 aliphatic carbocycles. The van der Waals surface area contributed by atoms with E-state index < -0.39 is 0 Å². The van der Waals surface area contributed by atoms with E-state index in [0.717, 1.165) is 18.1 Å². The van der Waals surface area contributed by atoms with Gasteiger partial charge in [0.05, 0.1) is 5.60 Å². The van der Waals surface area contributed by atoms with E-state index in [0.29, 0.717) is 12.8 Å². The minimum absolute atomic E-state index is 0.0931. The van der Waals surface area contributed by atoms with Gasteiger partial charge in [-0.25, -0.2) is 0 Å². The highest BCUT2D eigenvalue weighted by atomic mass is 16.5. The van der Waals surface area contributed by atoms with Crippen LogP contribution in [-0.4, -0.2) is 12.5 Å². The van der Waals surface area contributed by atoms with E-state index >= 15 is 0 Å². The molecule has 2 aliphatic heterocycles. The molecule has 0 N–H and O–H groups in total.